The van der Waals surface area contributed by atoms with Crippen LogP contribution in [0.25, 0.3) is 0 Å². The van der Waals surface area contributed by atoms with E-state index in [1.54, 1.807) is 19.4 Å². The van der Waals surface area contributed by atoms with Gasteiger partial charge < -0.3 is 4.74 Å². The lowest BCUT2D eigenvalue weighted by Crippen LogP contribution is -2.15. The lowest BCUT2D eigenvalue weighted by Gasteiger charge is -2.02. The number of hydrogen-bond acceptors (Lipinski definition) is 3. The van der Waals surface area contributed by atoms with Gasteiger partial charge >= 0.3 is 0 Å². The van der Waals surface area contributed by atoms with Crippen LogP contribution in [0.5, 0.6) is 0 Å². The average molecular weight is 187 g/mol. The molecule has 3 nitrogen and oxygen atoms in total. The normalized spacial score (nSPS) is 10.2. The Morgan fingerprint density at radius 3 is 3.00 bits per heavy atom. The van der Waals surface area contributed by atoms with Crippen LogP contribution in [0.1, 0.15) is 5.56 Å². The summed E-state index contributed by atoms with van der Waals surface area (Å²) in [7, 11) is 1.65. The molecule has 0 aliphatic carbocycles. The third-order valence-corrected chi connectivity index (χ3v) is 1.59. The number of nitrogens with zero attached hydrogens (tertiary/aromatic N) is 1. The van der Waals surface area contributed by atoms with Crippen LogP contribution in [0.4, 0.5) is 0 Å². The third-order valence-electron chi connectivity index (χ3n) is 1.36. The molecule has 0 bridgehead atoms. The minimum absolute atomic E-state index is 0.519. The van der Waals surface area contributed by atoms with Crippen LogP contribution in [0.3, 0.4) is 0 Å². The molecular weight excluding hydrogens is 176 g/mol. The summed E-state index contributed by atoms with van der Waals surface area (Å²) >= 11 is 5.62. The molecule has 0 saturated carbocycles. The highest BCUT2D eigenvalue weighted by Crippen LogP contribution is 2.04. The Morgan fingerprint density at radius 2 is 2.42 bits per heavy atom. The van der Waals surface area contributed by atoms with Gasteiger partial charge in [-0.25, -0.2) is 4.98 Å². The van der Waals surface area contributed by atoms with E-state index >= 15 is 0 Å². The monoisotopic (exact) mass is 186 g/mol. The lowest BCUT2D eigenvalue weighted by atomic mass is 10.3. The zero-order valence-electron chi connectivity index (χ0n) is 6.88. The van der Waals surface area contributed by atoms with Crippen LogP contribution in [-0.2, 0) is 11.3 Å². The first kappa shape index (κ1) is 9.45. The van der Waals surface area contributed by atoms with E-state index in [1.807, 2.05) is 6.07 Å². The molecule has 4 heteroatoms. The maximum absolute atomic E-state index is 5.62. The number of pyridine rings is 1. The zero-order valence-corrected chi connectivity index (χ0v) is 7.64. The highest BCUT2D eigenvalue weighted by atomic mass is 35.5. The van der Waals surface area contributed by atoms with Gasteiger partial charge in [0.15, 0.2) is 0 Å². The van der Waals surface area contributed by atoms with Crippen LogP contribution < -0.4 is 5.32 Å². The molecule has 0 unspecified atom stereocenters. The van der Waals surface area contributed by atoms with E-state index in [0.29, 0.717) is 11.9 Å². The smallest absolute Gasteiger partial charge is 0.129 e. The van der Waals surface area contributed by atoms with Crippen molar-refractivity contribution < 1.29 is 4.74 Å². The minimum Gasteiger partial charge on any atom is -0.370 e. The molecule has 0 aliphatic heterocycles. The van der Waals surface area contributed by atoms with Crippen molar-refractivity contribution in [2.75, 3.05) is 13.8 Å². The maximum atomic E-state index is 5.62. The number of rotatable bonds is 4. The fraction of sp³-hybridized carbons (Fsp3) is 0.375. The van der Waals surface area contributed by atoms with Crippen LogP contribution in [0.2, 0.25) is 5.15 Å². The predicted octanol–water partition coefficient (Wildman–Crippen LogP) is 1.43. The molecule has 0 aliphatic rings. The molecule has 0 aromatic carbocycles. The Hall–Kier alpha value is -0.640. The van der Waals surface area contributed by atoms with E-state index in [9.17, 15) is 0 Å². The fourth-order valence-electron chi connectivity index (χ4n) is 0.808. The first-order valence-corrected chi connectivity index (χ1v) is 4.01. The molecule has 0 amide bonds. The second kappa shape index (κ2) is 5.09. The second-order valence-corrected chi connectivity index (χ2v) is 2.74. The second-order valence-electron chi connectivity index (χ2n) is 2.35. The predicted molar refractivity (Wildman–Crippen MR) is 48.0 cm³/mol. The van der Waals surface area contributed by atoms with Gasteiger partial charge in [-0.15, -0.1) is 0 Å². The van der Waals surface area contributed by atoms with Crippen LogP contribution in [-0.4, -0.2) is 18.8 Å². The van der Waals surface area contributed by atoms with E-state index < -0.39 is 0 Å². The molecule has 1 heterocycles. The van der Waals surface area contributed by atoms with Gasteiger partial charge in [-0.3, -0.25) is 5.32 Å². The van der Waals surface area contributed by atoms with Gasteiger partial charge in [0.25, 0.3) is 0 Å². The molecule has 0 spiro atoms. The van der Waals surface area contributed by atoms with Crippen molar-refractivity contribution in [3.8, 4) is 0 Å². The third kappa shape index (κ3) is 3.17. The fourth-order valence-corrected chi connectivity index (χ4v) is 0.920. The Morgan fingerprint density at radius 1 is 1.58 bits per heavy atom. The van der Waals surface area contributed by atoms with E-state index in [0.717, 1.165) is 12.1 Å². The van der Waals surface area contributed by atoms with Gasteiger partial charge in [0.05, 0.1) is 6.73 Å². The van der Waals surface area contributed by atoms with E-state index in [2.05, 4.69) is 10.3 Å². The molecule has 1 rings (SSSR count). The summed E-state index contributed by atoms with van der Waals surface area (Å²) in [6.45, 7) is 1.29. The van der Waals surface area contributed by atoms with Gasteiger partial charge in [0.1, 0.15) is 5.15 Å². The number of hydrogen-bond donors (Lipinski definition) is 1. The quantitative estimate of drug-likeness (QED) is 0.439. The van der Waals surface area contributed by atoms with Gasteiger partial charge in [0, 0.05) is 19.9 Å². The topological polar surface area (TPSA) is 34.1 Å². The Balaban J connectivity index is 2.37. The van der Waals surface area contributed by atoms with Gasteiger partial charge in [-0.2, -0.15) is 0 Å². The van der Waals surface area contributed by atoms with E-state index in [1.165, 1.54) is 0 Å². The molecule has 0 fully saturated rings. The number of nitrogens with one attached hydrogen (secondary N) is 1. The first-order valence-electron chi connectivity index (χ1n) is 3.63. The summed E-state index contributed by atoms with van der Waals surface area (Å²) in [6, 6.07) is 3.70. The Bertz CT molecular complexity index is 225. The maximum Gasteiger partial charge on any atom is 0.129 e. The Kier molecular flexibility index (Phi) is 4.00. The van der Waals surface area contributed by atoms with Crippen LogP contribution in [0, 0.1) is 0 Å². The molecule has 0 saturated heterocycles. The molecule has 0 radical (unpaired) electrons. The molecule has 1 aromatic heterocycles. The zero-order chi connectivity index (χ0) is 8.81. The summed E-state index contributed by atoms with van der Waals surface area (Å²) in [4.78, 5) is 3.94. The van der Waals surface area contributed by atoms with Crippen molar-refractivity contribution in [2.24, 2.45) is 0 Å². The first-order chi connectivity index (χ1) is 5.83. The summed E-state index contributed by atoms with van der Waals surface area (Å²) in [5, 5.41) is 3.58. The highest BCUT2D eigenvalue weighted by Gasteiger charge is 1.92. The molecule has 12 heavy (non-hydrogen) atoms. The van der Waals surface area contributed by atoms with Crippen molar-refractivity contribution in [3.63, 3.8) is 0 Å². The van der Waals surface area contributed by atoms with Crippen molar-refractivity contribution in [3.05, 3.63) is 29.0 Å². The highest BCUT2D eigenvalue weighted by molar-refractivity contribution is 6.29. The van der Waals surface area contributed by atoms with Gasteiger partial charge in [-0.1, -0.05) is 17.7 Å². The lowest BCUT2D eigenvalue weighted by molar-refractivity contribution is 0.174. The number of halogens is 1. The van der Waals surface area contributed by atoms with Crippen molar-refractivity contribution in [2.45, 2.75) is 6.54 Å². The van der Waals surface area contributed by atoms with Crippen molar-refractivity contribution >= 4 is 11.6 Å². The molecule has 0 atom stereocenters. The van der Waals surface area contributed by atoms with Gasteiger partial charge in [0.2, 0.25) is 0 Å². The van der Waals surface area contributed by atoms with E-state index in [4.69, 9.17) is 16.3 Å². The SMILES string of the molecule is COCNCc1ccc(Cl)nc1. The summed E-state index contributed by atoms with van der Waals surface area (Å²) in [6.07, 6.45) is 1.74. The van der Waals surface area contributed by atoms with Crippen LogP contribution >= 0.6 is 11.6 Å². The number of aromatic nitrogens is 1. The molecule has 1 N–H and O–H groups in total. The molecule has 1 aromatic rings. The summed E-state index contributed by atoms with van der Waals surface area (Å²) in [5.41, 5.74) is 1.09. The Labute approximate surface area is 76.7 Å². The van der Waals surface area contributed by atoms with Crippen molar-refractivity contribution in [1.82, 2.24) is 10.3 Å². The number of methoxy groups -OCH3 is 1. The molecular formula is C8H11ClN2O. The van der Waals surface area contributed by atoms with Gasteiger partial charge in [-0.05, 0) is 11.6 Å². The van der Waals surface area contributed by atoms with E-state index in [-0.39, 0.29) is 0 Å². The summed E-state index contributed by atoms with van der Waals surface area (Å²) < 4.78 is 4.83. The molecule has 66 valence electrons. The standard InChI is InChI=1S/C8H11ClN2O/c1-12-6-10-4-7-2-3-8(9)11-5-7/h2-3,5,10H,4,6H2,1H3. The minimum atomic E-state index is 0.519. The average Bonchev–Trinajstić information content (AvgIpc) is 2.09. The summed E-state index contributed by atoms with van der Waals surface area (Å²) in [5.74, 6) is 0. The van der Waals surface area contributed by atoms with Crippen LogP contribution in [0.15, 0.2) is 18.3 Å². The largest absolute Gasteiger partial charge is 0.370 e. The van der Waals surface area contributed by atoms with Crippen molar-refractivity contribution in [1.29, 1.82) is 0 Å². The number of ether oxygens (including phenoxy) is 1.